The Morgan fingerprint density at radius 2 is 1.74 bits per heavy atom. The number of alkyl halides is 3. The summed E-state index contributed by atoms with van der Waals surface area (Å²) in [4.78, 5) is 10.8. The average Bonchev–Trinajstić information content (AvgIpc) is 2.25. The van der Waals surface area contributed by atoms with E-state index in [-0.39, 0.29) is 17.9 Å². The minimum atomic E-state index is -4.70. The molecule has 4 nitrogen and oxygen atoms in total. The first kappa shape index (κ1) is 16.3. The molecule has 1 rings (SSSR count). The number of hydrogen-bond donors (Lipinski definition) is 1. The number of carboxylic acids is 1. The van der Waals surface area contributed by atoms with Crippen molar-refractivity contribution >= 4 is 37.8 Å². The standard InChI is InChI=1S/C10H7Br2F3O4/c11-6-3-5(9(16)17)4-7(12)8(6)18-1-2-19-10(13,14)15/h3-4H,1-2H2,(H,16,17). The van der Waals surface area contributed by atoms with Crippen molar-refractivity contribution in [1.29, 1.82) is 0 Å². The number of ether oxygens (including phenoxy) is 2. The van der Waals surface area contributed by atoms with E-state index in [2.05, 4.69) is 36.6 Å². The molecule has 0 aromatic heterocycles. The first-order chi connectivity index (χ1) is 8.70. The van der Waals surface area contributed by atoms with Crippen LogP contribution in [0.1, 0.15) is 10.4 Å². The van der Waals surface area contributed by atoms with Gasteiger partial charge >= 0.3 is 12.3 Å². The summed E-state index contributed by atoms with van der Waals surface area (Å²) >= 11 is 6.15. The lowest BCUT2D eigenvalue weighted by Crippen LogP contribution is -2.18. The van der Waals surface area contributed by atoms with Crippen molar-refractivity contribution in [2.45, 2.75) is 6.36 Å². The molecule has 0 saturated heterocycles. The Kier molecular flexibility index (Phi) is 5.63. The number of carbonyl (C=O) groups is 1. The molecule has 1 N–H and O–H groups in total. The second kappa shape index (κ2) is 6.58. The maximum Gasteiger partial charge on any atom is 0.522 e. The zero-order valence-electron chi connectivity index (χ0n) is 9.13. The average molecular weight is 408 g/mol. The molecule has 106 valence electrons. The van der Waals surface area contributed by atoms with Crippen molar-refractivity contribution in [1.82, 2.24) is 0 Å². The maximum atomic E-state index is 11.7. The molecule has 0 aliphatic rings. The van der Waals surface area contributed by atoms with Gasteiger partial charge in [-0.2, -0.15) is 0 Å². The van der Waals surface area contributed by atoms with Gasteiger partial charge in [0.2, 0.25) is 0 Å². The number of carboxylic acid groups (broad SMARTS) is 1. The summed E-state index contributed by atoms with van der Waals surface area (Å²) in [6, 6.07) is 2.57. The normalized spacial score (nSPS) is 11.4. The third-order valence-electron chi connectivity index (χ3n) is 1.84. The van der Waals surface area contributed by atoms with Gasteiger partial charge in [0, 0.05) is 0 Å². The van der Waals surface area contributed by atoms with Crippen LogP contribution in [0.5, 0.6) is 5.75 Å². The van der Waals surface area contributed by atoms with Crippen molar-refractivity contribution in [2.24, 2.45) is 0 Å². The molecular formula is C10H7Br2F3O4. The van der Waals surface area contributed by atoms with Crippen LogP contribution in [-0.4, -0.2) is 30.7 Å². The highest BCUT2D eigenvalue weighted by atomic mass is 79.9. The number of aromatic carboxylic acids is 1. The summed E-state index contributed by atoms with van der Waals surface area (Å²) in [6.07, 6.45) is -4.70. The van der Waals surface area contributed by atoms with Crippen LogP contribution >= 0.6 is 31.9 Å². The van der Waals surface area contributed by atoms with E-state index in [0.29, 0.717) is 8.95 Å². The van der Waals surface area contributed by atoms with Crippen LogP contribution in [-0.2, 0) is 4.74 Å². The highest BCUT2D eigenvalue weighted by molar-refractivity contribution is 9.11. The second-order valence-corrected chi connectivity index (χ2v) is 4.93. The highest BCUT2D eigenvalue weighted by Gasteiger charge is 2.28. The van der Waals surface area contributed by atoms with Gasteiger partial charge in [-0.3, -0.25) is 4.74 Å². The van der Waals surface area contributed by atoms with Gasteiger partial charge in [-0.25, -0.2) is 4.79 Å². The van der Waals surface area contributed by atoms with Crippen LogP contribution in [0.15, 0.2) is 21.1 Å². The first-order valence-electron chi connectivity index (χ1n) is 4.76. The van der Waals surface area contributed by atoms with Gasteiger partial charge in [0.15, 0.2) is 0 Å². The van der Waals surface area contributed by atoms with Crippen LogP contribution < -0.4 is 4.74 Å². The van der Waals surface area contributed by atoms with Crippen LogP contribution in [0, 0.1) is 0 Å². The van der Waals surface area contributed by atoms with E-state index in [1.165, 1.54) is 12.1 Å². The Hall–Kier alpha value is -0.800. The van der Waals surface area contributed by atoms with Gasteiger partial charge in [-0.1, -0.05) is 0 Å². The summed E-state index contributed by atoms with van der Waals surface area (Å²) in [5, 5.41) is 8.80. The molecule has 1 aromatic rings. The molecule has 0 radical (unpaired) electrons. The Bertz CT molecular complexity index is 453. The summed E-state index contributed by atoms with van der Waals surface area (Å²) < 4.78 is 44.4. The van der Waals surface area contributed by atoms with Crippen LogP contribution in [0.2, 0.25) is 0 Å². The molecule has 0 unspecified atom stereocenters. The molecule has 0 saturated carbocycles. The zero-order chi connectivity index (χ0) is 14.6. The quantitative estimate of drug-likeness (QED) is 0.754. The lowest BCUT2D eigenvalue weighted by atomic mass is 10.2. The van der Waals surface area contributed by atoms with E-state index in [9.17, 15) is 18.0 Å². The van der Waals surface area contributed by atoms with E-state index in [1.807, 2.05) is 0 Å². The summed E-state index contributed by atoms with van der Waals surface area (Å²) in [5.74, 6) is -0.927. The van der Waals surface area contributed by atoms with Crippen LogP contribution in [0.3, 0.4) is 0 Å². The van der Waals surface area contributed by atoms with Crippen molar-refractivity contribution in [3.8, 4) is 5.75 Å². The van der Waals surface area contributed by atoms with Crippen molar-refractivity contribution in [3.05, 3.63) is 26.6 Å². The Labute approximate surface area is 122 Å². The van der Waals surface area contributed by atoms with E-state index >= 15 is 0 Å². The predicted octanol–water partition coefficient (Wildman–Crippen LogP) is 3.83. The minimum Gasteiger partial charge on any atom is -0.489 e. The van der Waals surface area contributed by atoms with Gasteiger partial charge in [-0.05, 0) is 44.0 Å². The molecule has 0 amide bonds. The van der Waals surface area contributed by atoms with E-state index < -0.39 is 18.9 Å². The number of benzene rings is 1. The molecular weight excluding hydrogens is 401 g/mol. The third kappa shape index (κ3) is 5.37. The third-order valence-corrected chi connectivity index (χ3v) is 3.02. The largest absolute Gasteiger partial charge is 0.522 e. The van der Waals surface area contributed by atoms with Crippen molar-refractivity contribution < 1.29 is 32.5 Å². The van der Waals surface area contributed by atoms with Crippen molar-refractivity contribution in [2.75, 3.05) is 13.2 Å². The fraction of sp³-hybridized carbons (Fsp3) is 0.300. The van der Waals surface area contributed by atoms with Gasteiger partial charge in [0.05, 0.1) is 21.1 Å². The SMILES string of the molecule is O=C(O)c1cc(Br)c(OCCOC(F)(F)F)c(Br)c1. The fourth-order valence-electron chi connectivity index (χ4n) is 1.12. The van der Waals surface area contributed by atoms with Gasteiger partial charge < -0.3 is 9.84 Å². The lowest BCUT2D eigenvalue weighted by molar-refractivity contribution is -0.325. The molecule has 0 bridgehead atoms. The van der Waals surface area contributed by atoms with Gasteiger partial charge in [0.1, 0.15) is 12.4 Å². The Morgan fingerprint density at radius 1 is 1.21 bits per heavy atom. The second-order valence-electron chi connectivity index (χ2n) is 3.22. The van der Waals surface area contributed by atoms with E-state index in [1.54, 1.807) is 0 Å². The van der Waals surface area contributed by atoms with E-state index in [0.717, 1.165) is 0 Å². The smallest absolute Gasteiger partial charge is 0.489 e. The minimum absolute atomic E-state index is 0.0117. The highest BCUT2D eigenvalue weighted by Crippen LogP contribution is 2.34. The molecule has 0 heterocycles. The Balaban J connectivity index is 2.67. The van der Waals surface area contributed by atoms with Crippen LogP contribution in [0.25, 0.3) is 0 Å². The van der Waals surface area contributed by atoms with Crippen LogP contribution in [0.4, 0.5) is 13.2 Å². The van der Waals surface area contributed by atoms with Gasteiger partial charge in [0.25, 0.3) is 0 Å². The molecule has 19 heavy (non-hydrogen) atoms. The topological polar surface area (TPSA) is 55.8 Å². The maximum absolute atomic E-state index is 11.7. The summed E-state index contributed by atoms with van der Waals surface area (Å²) in [5.41, 5.74) is 0.0117. The monoisotopic (exact) mass is 406 g/mol. The summed E-state index contributed by atoms with van der Waals surface area (Å²) in [6.45, 7) is -0.994. The van der Waals surface area contributed by atoms with E-state index in [4.69, 9.17) is 9.84 Å². The molecule has 0 aliphatic heterocycles. The molecule has 0 aliphatic carbocycles. The molecule has 9 heteroatoms. The lowest BCUT2D eigenvalue weighted by Gasteiger charge is -2.12. The van der Waals surface area contributed by atoms with Gasteiger partial charge in [-0.15, -0.1) is 13.2 Å². The van der Waals surface area contributed by atoms with Crippen molar-refractivity contribution in [3.63, 3.8) is 0 Å². The molecule has 1 aromatic carbocycles. The molecule has 0 spiro atoms. The number of hydrogen-bond acceptors (Lipinski definition) is 3. The molecule has 0 atom stereocenters. The Morgan fingerprint density at radius 3 is 2.16 bits per heavy atom. The molecule has 0 fully saturated rings. The fourth-order valence-corrected chi connectivity index (χ4v) is 2.54. The number of rotatable bonds is 5. The first-order valence-corrected chi connectivity index (χ1v) is 6.35. The predicted molar refractivity (Wildman–Crippen MR) is 66.3 cm³/mol. The zero-order valence-corrected chi connectivity index (χ0v) is 12.3. The number of halogens is 5. The summed E-state index contributed by atoms with van der Waals surface area (Å²) in [7, 11) is 0.